The van der Waals surface area contributed by atoms with E-state index >= 15 is 0 Å². The topological polar surface area (TPSA) is 92.9 Å². The first-order valence-electron chi connectivity index (χ1n) is 7.28. The summed E-state index contributed by atoms with van der Waals surface area (Å²) in [6.45, 7) is 3.10. The van der Waals surface area contributed by atoms with Crippen LogP contribution < -0.4 is 15.6 Å². The quantitative estimate of drug-likeness (QED) is 0.744. The van der Waals surface area contributed by atoms with Gasteiger partial charge in [-0.1, -0.05) is 11.3 Å². The number of methoxy groups -OCH3 is 1. The second-order valence-electron chi connectivity index (χ2n) is 6.03. The molecule has 8 heteroatoms. The molecule has 0 aliphatic carbocycles. The fourth-order valence-electron chi connectivity index (χ4n) is 2.28. The van der Waals surface area contributed by atoms with Gasteiger partial charge < -0.3 is 15.2 Å². The minimum Gasteiger partial charge on any atom is -0.497 e. The Morgan fingerprint density at radius 2 is 2.21 bits per heavy atom. The Hall–Kier alpha value is -2.45. The highest BCUT2D eigenvalue weighted by Gasteiger charge is 2.23. The molecular weight excluding hydrogens is 330 g/mol. The van der Waals surface area contributed by atoms with Crippen molar-refractivity contribution in [3.63, 3.8) is 0 Å². The summed E-state index contributed by atoms with van der Waals surface area (Å²) in [5.74, 6) is 0.124. The molecule has 0 saturated carbocycles. The molecule has 0 radical (unpaired) electrons. The number of benzene rings is 1. The number of aliphatic hydroxyl groups excluding tert-OH is 1. The summed E-state index contributed by atoms with van der Waals surface area (Å²) in [5.41, 5.74) is -0.663. The highest BCUT2D eigenvalue weighted by atomic mass is 32.1. The van der Waals surface area contributed by atoms with Gasteiger partial charge >= 0.3 is 0 Å². The van der Waals surface area contributed by atoms with Crippen molar-refractivity contribution >= 4 is 32.4 Å². The summed E-state index contributed by atoms with van der Waals surface area (Å²) in [4.78, 5) is 29.8. The van der Waals surface area contributed by atoms with Crippen molar-refractivity contribution in [1.82, 2.24) is 14.7 Å². The van der Waals surface area contributed by atoms with Crippen LogP contribution in [0.2, 0.25) is 0 Å². The number of ether oxygens (including phenoxy) is 1. The highest BCUT2D eigenvalue weighted by molar-refractivity contribution is 7.23. The lowest BCUT2D eigenvalue weighted by Gasteiger charge is -2.23. The third-order valence-corrected chi connectivity index (χ3v) is 4.65. The van der Waals surface area contributed by atoms with E-state index in [2.05, 4.69) is 10.3 Å². The Kier molecular flexibility index (Phi) is 4.02. The molecule has 2 N–H and O–H groups in total. The molecule has 0 fully saturated rings. The number of carbonyl (C=O) groups is 1. The van der Waals surface area contributed by atoms with Gasteiger partial charge in [0.25, 0.3) is 11.5 Å². The lowest BCUT2D eigenvalue weighted by molar-refractivity contribution is 0.0867. The largest absolute Gasteiger partial charge is 0.497 e. The Labute approximate surface area is 141 Å². The summed E-state index contributed by atoms with van der Waals surface area (Å²) in [7, 11) is 1.57. The Morgan fingerprint density at radius 3 is 2.88 bits per heavy atom. The summed E-state index contributed by atoms with van der Waals surface area (Å²) in [5, 5.41) is 11.9. The maximum atomic E-state index is 12.7. The first-order valence-corrected chi connectivity index (χ1v) is 8.09. The van der Waals surface area contributed by atoms with Crippen LogP contribution in [0.25, 0.3) is 15.2 Å². The maximum absolute atomic E-state index is 12.7. The number of aliphatic hydroxyl groups is 1. The molecule has 3 aromatic rings. The molecular formula is C16H17N3O4S. The second-order valence-corrected chi connectivity index (χ2v) is 7.04. The van der Waals surface area contributed by atoms with Crippen molar-refractivity contribution < 1.29 is 14.6 Å². The van der Waals surface area contributed by atoms with Crippen molar-refractivity contribution in [2.45, 2.75) is 19.4 Å². The van der Waals surface area contributed by atoms with Crippen LogP contribution in [-0.2, 0) is 0 Å². The van der Waals surface area contributed by atoms with E-state index in [1.807, 2.05) is 6.07 Å². The third kappa shape index (κ3) is 2.74. The number of amides is 1. The highest BCUT2D eigenvalue weighted by Crippen LogP contribution is 2.27. The number of thiazole rings is 1. The minimum absolute atomic E-state index is 0.0652. The van der Waals surface area contributed by atoms with Gasteiger partial charge in [0, 0.05) is 6.20 Å². The van der Waals surface area contributed by atoms with Gasteiger partial charge in [-0.3, -0.25) is 14.0 Å². The molecule has 3 rings (SSSR count). The van der Waals surface area contributed by atoms with Crippen LogP contribution in [0, 0.1) is 0 Å². The molecule has 0 aliphatic heterocycles. The predicted molar refractivity (Wildman–Crippen MR) is 92.0 cm³/mol. The van der Waals surface area contributed by atoms with E-state index in [0.29, 0.717) is 16.2 Å². The molecule has 2 heterocycles. The van der Waals surface area contributed by atoms with E-state index in [1.165, 1.54) is 21.9 Å². The van der Waals surface area contributed by atoms with E-state index in [-0.39, 0.29) is 12.2 Å². The number of nitrogens with one attached hydrogen (secondary N) is 1. The van der Waals surface area contributed by atoms with Gasteiger partial charge in [-0.25, -0.2) is 4.98 Å². The molecule has 0 unspecified atom stereocenters. The monoisotopic (exact) mass is 347 g/mol. The smallest absolute Gasteiger partial charge is 0.271 e. The molecule has 1 aromatic carbocycles. The molecule has 0 bridgehead atoms. The number of fused-ring (bicyclic) bond motifs is 3. The molecule has 7 nitrogen and oxygen atoms in total. The van der Waals surface area contributed by atoms with E-state index in [0.717, 1.165) is 4.70 Å². The van der Waals surface area contributed by atoms with E-state index in [9.17, 15) is 14.7 Å². The van der Waals surface area contributed by atoms with Crippen LogP contribution in [0.3, 0.4) is 0 Å². The van der Waals surface area contributed by atoms with Gasteiger partial charge in [-0.2, -0.15) is 0 Å². The zero-order chi connectivity index (χ0) is 17.5. The van der Waals surface area contributed by atoms with Crippen molar-refractivity contribution in [2.24, 2.45) is 0 Å². The maximum Gasteiger partial charge on any atom is 0.271 e. The van der Waals surface area contributed by atoms with Crippen LogP contribution in [-0.4, -0.2) is 39.7 Å². The first kappa shape index (κ1) is 16.4. The lowest BCUT2D eigenvalue weighted by atomic mass is 10.1. The molecule has 1 amide bonds. The molecule has 126 valence electrons. The molecule has 0 spiro atoms. The van der Waals surface area contributed by atoms with Crippen LogP contribution in [0.1, 0.15) is 24.2 Å². The minimum atomic E-state index is -0.826. The molecule has 2 aromatic heterocycles. The van der Waals surface area contributed by atoms with Crippen LogP contribution in [0.4, 0.5) is 0 Å². The lowest BCUT2D eigenvalue weighted by Crippen LogP contribution is -2.47. The Morgan fingerprint density at radius 1 is 1.46 bits per heavy atom. The van der Waals surface area contributed by atoms with E-state index < -0.39 is 17.0 Å². The molecule has 0 aliphatic rings. The average Bonchev–Trinajstić information content (AvgIpc) is 2.92. The molecule has 0 saturated heterocycles. The fourth-order valence-corrected chi connectivity index (χ4v) is 3.29. The van der Waals surface area contributed by atoms with Crippen LogP contribution >= 0.6 is 11.3 Å². The summed E-state index contributed by atoms with van der Waals surface area (Å²) in [6.07, 6.45) is 1.27. The molecule has 0 atom stereocenters. The van der Waals surface area contributed by atoms with Crippen LogP contribution in [0.15, 0.2) is 29.2 Å². The fraction of sp³-hybridized carbons (Fsp3) is 0.312. The number of aromatic nitrogens is 2. The second kappa shape index (κ2) is 5.88. The van der Waals surface area contributed by atoms with Crippen LogP contribution in [0.5, 0.6) is 5.75 Å². The van der Waals surface area contributed by atoms with Crippen molar-refractivity contribution in [3.05, 3.63) is 40.3 Å². The van der Waals surface area contributed by atoms with Gasteiger partial charge in [0.15, 0.2) is 4.96 Å². The number of hydrogen-bond acceptors (Lipinski definition) is 6. The van der Waals surface area contributed by atoms with Gasteiger partial charge in [-0.15, -0.1) is 0 Å². The van der Waals surface area contributed by atoms with Gasteiger partial charge in [-0.05, 0) is 32.0 Å². The molecule has 24 heavy (non-hydrogen) atoms. The Balaban J connectivity index is 2.15. The summed E-state index contributed by atoms with van der Waals surface area (Å²) >= 11 is 1.34. The predicted octanol–water partition coefficient (Wildman–Crippen LogP) is 1.42. The van der Waals surface area contributed by atoms with Gasteiger partial charge in [0.1, 0.15) is 11.3 Å². The first-order chi connectivity index (χ1) is 11.4. The van der Waals surface area contributed by atoms with Crippen molar-refractivity contribution in [1.29, 1.82) is 0 Å². The number of hydrogen-bond donors (Lipinski definition) is 2. The number of nitrogens with zero attached hydrogens (tertiary/aromatic N) is 2. The zero-order valence-corrected chi connectivity index (χ0v) is 14.3. The standard InChI is InChI=1S/C16H17N3O4S/c1-16(2,8-20)18-13(21)10-7-17-15-19(14(10)22)11-5-4-9(23-3)6-12(11)24-15/h4-7,20H,8H2,1-3H3,(H,18,21). The SMILES string of the molecule is COc1ccc2c(c1)sc1ncc(C(=O)NC(C)(C)CO)c(=O)n12. The zero-order valence-electron chi connectivity index (χ0n) is 13.5. The third-order valence-electron chi connectivity index (χ3n) is 3.63. The van der Waals surface area contributed by atoms with Crippen molar-refractivity contribution in [3.8, 4) is 5.75 Å². The summed E-state index contributed by atoms with van der Waals surface area (Å²) < 4.78 is 7.45. The van der Waals surface area contributed by atoms with E-state index in [4.69, 9.17) is 4.74 Å². The normalized spacial score (nSPS) is 11.8. The van der Waals surface area contributed by atoms with Crippen molar-refractivity contribution in [2.75, 3.05) is 13.7 Å². The van der Waals surface area contributed by atoms with Gasteiger partial charge in [0.05, 0.1) is 29.5 Å². The number of rotatable bonds is 4. The summed E-state index contributed by atoms with van der Waals surface area (Å²) in [6, 6.07) is 5.34. The Bertz CT molecular complexity index is 990. The van der Waals surface area contributed by atoms with E-state index in [1.54, 1.807) is 33.1 Å². The average molecular weight is 347 g/mol. The van der Waals surface area contributed by atoms with Gasteiger partial charge in [0.2, 0.25) is 0 Å². The number of carbonyl (C=O) groups excluding carboxylic acids is 1.